The van der Waals surface area contributed by atoms with E-state index in [1.807, 2.05) is 13.8 Å². The normalized spacial score (nSPS) is 12.0. The summed E-state index contributed by atoms with van der Waals surface area (Å²) >= 11 is 0. The van der Waals surface area contributed by atoms with Gasteiger partial charge in [-0.3, -0.25) is 4.79 Å². The number of amides is 1. The van der Waals surface area contributed by atoms with Crippen molar-refractivity contribution in [2.75, 3.05) is 26.7 Å². The minimum Gasteiger partial charge on any atom is -0.480 e. The summed E-state index contributed by atoms with van der Waals surface area (Å²) in [7, 11) is 1.51. The molecular weight excluding hydrogens is 230 g/mol. The minimum atomic E-state index is -0.0669. The van der Waals surface area contributed by atoms with Gasteiger partial charge in [0.05, 0.1) is 7.11 Å². The molecule has 1 amide bonds. The van der Waals surface area contributed by atoms with Gasteiger partial charge in [-0.15, -0.1) is 0 Å². The van der Waals surface area contributed by atoms with E-state index in [9.17, 15) is 4.79 Å². The topological polar surface area (TPSA) is 68.5 Å². The summed E-state index contributed by atoms with van der Waals surface area (Å²) in [6, 6.07) is 3.46. The molecule has 0 radical (unpaired) electrons. The summed E-state index contributed by atoms with van der Waals surface area (Å²) in [5.41, 5.74) is 6.09. The standard InChI is InChI=1S/C13H21N3O2/c1-4-16(9-10(2)8-14)13(17)11-6-5-7-15-12(11)18-3/h5-7,10H,4,8-9,14H2,1-3H3. The minimum absolute atomic E-state index is 0.0669. The highest BCUT2D eigenvalue weighted by atomic mass is 16.5. The number of carbonyl (C=O) groups excluding carboxylic acids is 1. The van der Waals surface area contributed by atoms with E-state index < -0.39 is 0 Å². The van der Waals surface area contributed by atoms with Gasteiger partial charge in [-0.25, -0.2) is 4.98 Å². The molecule has 5 heteroatoms. The van der Waals surface area contributed by atoms with E-state index in [0.29, 0.717) is 31.1 Å². The number of rotatable bonds is 6. The SMILES string of the molecule is CCN(CC(C)CN)C(=O)c1cccnc1OC. The van der Waals surface area contributed by atoms with Gasteiger partial charge in [0.1, 0.15) is 5.56 Å². The fourth-order valence-corrected chi connectivity index (χ4v) is 1.69. The average molecular weight is 251 g/mol. The molecule has 0 saturated heterocycles. The second-order valence-electron chi connectivity index (χ2n) is 4.24. The molecule has 0 aliphatic carbocycles. The molecule has 0 aliphatic rings. The molecular formula is C13H21N3O2. The molecule has 1 aromatic rings. The summed E-state index contributed by atoms with van der Waals surface area (Å²) in [6.07, 6.45) is 1.61. The molecule has 2 N–H and O–H groups in total. The maximum atomic E-state index is 12.4. The summed E-state index contributed by atoms with van der Waals surface area (Å²) < 4.78 is 5.11. The van der Waals surface area contributed by atoms with Gasteiger partial charge in [0, 0.05) is 19.3 Å². The van der Waals surface area contributed by atoms with E-state index in [1.165, 1.54) is 7.11 Å². The van der Waals surface area contributed by atoms with Gasteiger partial charge in [-0.2, -0.15) is 0 Å². The van der Waals surface area contributed by atoms with Crippen molar-refractivity contribution < 1.29 is 9.53 Å². The quantitative estimate of drug-likeness (QED) is 0.823. The van der Waals surface area contributed by atoms with Crippen LogP contribution < -0.4 is 10.5 Å². The Morgan fingerprint density at radius 2 is 2.33 bits per heavy atom. The van der Waals surface area contributed by atoms with Crippen LogP contribution in [0.15, 0.2) is 18.3 Å². The Hall–Kier alpha value is -1.62. The molecule has 0 saturated carbocycles. The van der Waals surface area contributed by atoms with Crippen molar-refractivity contribution in [1.29, 1.82) is 0 Å². The van der Waals surface area contributed by atoms with Crippen molar-refractivity contribution in [1.82, 2.24) is 9.88 Å². The van der Waals surface area contributed by atoms with Crippen molar-refractivity contribution in [3.8, 4) is 5.88 Å². The Labute approximate surface area is 108 Å². The van der Waals surface area contributed by atoms with Gasteiger partial charge in [0.25, 0.3) is 5.91 Å². The van der Waals surface area contributed by atoms with E-state index in [0.717, 1.165) is 0 Å². The molecule has 0 spiro atoms. The molecule has 5 nitrogen and oxygen atoms in total. The Morgan fingerprint density at radius 3 is 2.89 bits per heavy atom. The maximum absolute atomic E-state index is 12.4. The molecule has 1 unspecified atom stereocenters. The first-order valence-corrected chi connectivity index (χ1v) is 6.12. The third-order valence-electron chi connectivity index (χ3n) is 2.80. The second-order valence-corrected chi connectivity index (χ2v) is 4.24. The molecule has 1 atom stereocenters. The van der Waals surface area contributed by atoms with Gasteiger partial charge in [0.15, 0.2) is 0 Å². The second kappa shape index (κ2) is 6.96. The summed E-state index contributed by atoms with van der Waals surface area (Å²) in [5, 5.41) is 0. The molecule has 0 aromatic carbocycles. The third kappa shape index (κ3) is 3.43. The summed E-state index contributed by atoms with van der Waals surface area (Å²) in [5.74, 6) is 0.570. The first kappa shape index (κ1) is 14.4. The van der Waals surface area contributed by atoms with Crippen LogP contribution in [-0.2, 0) is 0 Å². The Bertz CT molecular complexity index is 396. The molecule has 1 rings (SSSR count). The lowest BCUT2D eigenvalue weighted by Crippen LogP contribution is -2.36. The highest BCUT2D eigenvalue weighted by molar-refractivity contribution is 5.96. The Kier molecular flexibility index (Phi) is 5.58. The lowest BCUT2D eigenvalue weighted by molar-refractivity contribution is 0.0739. The smallest absolute Gasteiger partial charge is 0.259 e. The third-order valence-corrected chi connectivity index (χ3v) is 2.80. The molecule has 0 bridgehead atoms. The van der Waals surface area contributed by atoms with E-state index in [1.54, 1.807) is 23.2 Å². The van der Waals surface area contributed by atoms with E-state index in [2.05, 4.69) is 4.98 Å². The van der Waals surface area contributed by atoms with Crippen LogP contribution in [0, 0.1) is 5.92 Å². The van der Waals surface area contributed by atoms with Crippen molar-refractivity contribution in [2.24, 2.45) is 11.7 Å². The fourth-order valence-electron chi connectivity index (χ4n) is 1.69. The van der Waals surface area contributed by atoms with Crippen LogP contribution in [0.3, 0.4) is 0 Å². The number of hydrogen-bond acceptors (Lipinski definition) is 4. The zero-order valence-electron chi connectivity index (χ0n) is 11.2. The lowest BCUT2D eigenvalue weighted by Gasteiger charge is -2.24. The van der Waals surface area contributed by atoms with E-state index >= 15 is 0 Å². The molecule has 18 heavy (non-hydrogen) atoms. The predicted molar refractivity (Wildman–Crippen MR) is 70.6 cm³/mol. The van der Waals surface area contributed by atoms with Gasteiger partial charge in [0.2, 0.25) is 5.88 Å². The first-order chi connectivity index (χ1) is 8.63. The molecule has 1 aromatic heterocycles. The zero-order chi connectivity index (χ0) is 13.5. The lowest BCUT2D eigenvalue weighted by atomic mass is 10.1. The summed E-state index contributed by atoms with van der Waals surface area (Å²) in [4.78, 5) is 18.2. The van der Waals surface area contributed by atoms with Crippen molar-refractivity contribution in [3.05, 3.63) is 23.9 Å². The van der Waals surface area contributed by atoms with Crippen LogP contribution >= 0.6 is 0 Å². The van der Waals surface area contributed by atoms with Crippen molar-refractivity contribution in [3.63, 3.8) is 0 Å². The maximum Gasteiger partial charge on any atom is 0.259 e. The largest absolute Gasteiger partial charge is 0.480 e. The van der Waals surface area contributed by atoms with Crippen LogP contribution in [0.4, 0.5) is 0 Å². The molecule has 0 fully saturated rings. The van der Waals surface area contributed by atoms with Gasteiger partial charge >= 0.3 is 0 Å². The van der Waals surface area contributed by atoms with Crippen LogP contribution in [0.5, 0.6) is 5.88 Å². The summed E-state index contributed by atoms with van der Waals surface area (Å²) in [6.45, 7) is 5.82. The van der Waals surface area contributed by atoms with Crippen molar-refractivity contribution in [2.45, 2.75) is 13.8 Å². The number of carbonyl (C=O) groups is 1. The number of nitrogens with two attached hydrogens (primary N) is 1. The molecule has 100 valence electrons. The van der Waals surface area contributed by atoms with Crippen LogP contribution in [0.25, 0.3) is 0 Å². The number of methoxy groups -OCH3 is 1. The van der Waals surface area contributed by atoms with Crippen molar-refractivity contribution >= 4 is 5.91 Å². The number of nitrogens with zero attached hydrogens (tertiary/aromatic N) is 2. The first-order valence-electron chi connectivity index (χ1n) is 6.12. The van der Waals surface area contributed by atoms with Gasteiger partial charge in [-0.1, -0.05) is 6.92 Å². The van der Waals surface area contributed by atoms with Crippen LogP contribution in [0.1, 0.15) is 24.2 Å². The van der Waals surface area contributed by atoms with Crippen LogP contribution in [-0.4, -0.2) is 42.5 Å². The van der Waals surface area contributed by atoms with Gasteiger partial charge in [-0.05, 0) is 31.5 Å². The monoisotopic (exact) mass is 251 g/mol. The molecule has 0 aliphatic heterocycles. The zero-order valence-corrected chi connectivity index (χ0v) is 11.2. The highest BCUT2D eigenvalue weighted by Crippen LogP contribution is 2.16. The Morgan fingerprint density at radius 1 is 1.61 bits per heavy atom. The number of hydrogen-bond donors (Lipinski definition) is 1. The molecule has 1 heterocycles. The average Bonchev–Trinajstić information content (AvgIpc) is 2.43. The van der Waals surface area contributed by atoms with E-state index in [4.69, 9.17) is 10.5 Å². The van der Waals surface area contributed by atoms with Crippen LogP contribution in [0.2, 0.25) is 0 Å². The highest BCUT2D eigenvalue weighted by Gasteiger charge is 2.20. The van der Waals surface area contributed by atoms with Gasteiger partial charge < -0.3 is 15.4 Å². The predicted octanol–water partition coefficient (Wildman–Crippen LogP) is 1.15. The fraction of sp³-hybridized carbons (Fsp3) is 0.538. The number of ether oxygens (including phenoxy) is 1. The Balaban J connectivity index is 2.89. The number of aromatic nitrogens is 1. The number of pyridine rings is 1. The van der Waals surface area contributed by atoms with E-state index in [-0.39, 0.29) is 11.8 Å².